The zero-order chi connectivity index (χ0) is 10.3. The number of nitrogens with zero attached hydrogens (tertiary/aromatic N) is 1. The molecule has 0 bridgehead atoms. The second kappa shape index (κ2) is 4.56. The monoisotopic (exact) mass is 355 g/mol. The van der Waals surface area contributed by atoms with Crippen molar-refractivity contribution in [3.05, 3.63) is 33.3 Å². The molecule has 0 aliphatic carbocycles. The molecule has 15 heavy (non-hydrogen) atoms. The van der Waals surface area contributed by atoms with Crippen LogP contribution in [0.1, 0.15) is 18.3 Å². The van der Waals surface area contributed by atoms with E-state index >= 15 is 0 Å². The van der Waals surface area contributed by atoms with Gasteiger partial charge in [-0.05, 0) is 0 Å². The second-order valence-corrected chi connectivity index (χ2v) is 6.56. The van der Waals surface area contributed by atoms with E-state index in [1.54, 1.807) is 0 Å². The number of fused-ring (bicyclic) bond motifs is 1. The van der Waals surface area contributed by atoms with Gasteiger partial charge in [0.15, 0.2) is 0 Å². The molecule has 0 fully saturated rings. The van der Waals surface area contributed by atoms with E-state index in [9.17, 15) is 5.11 Å². The molecular formula is C10H11BrClNOSe. The van der Waals surface area contributed by atoms with Crippen molar-refractivity contribution in [2.24, 2.45) is 0 Å². The number of hydrogen-bond donors (Lipinski definition) is 1. The predicted octanol–water partition coefficient (Wildman–Crippen LogP) is -1.52. The van der Waals surface area contributed by atoms with Crippen LogP contribution >= 0.6 is 15.9 Å². The van der Waals surface area contributed by atoms with Crippen molar-refractivity contribution in [3.8, 4) is 0 Å². The molecule has 0 atom stereocenters. The van der Waals surface area contributed by atoms with Crippen LogP contribution in [0.15, 0.2) is 28.9 Å². The summed E-state index contributed by atoms with van der Waals surface area (Å²) in [7, 11) is 0. The minimum atomic E-state index is -0.731. The molecule has 0 spiro atoms. The van der Waals surface area contributed by atoms with E-state index in [0.29, 0.717) is 0 Å². The molecular weight excluding hydrogens is 344 g/mol. The van der Waals surface area contributed by atoms with Crippen LogP contribution in [-0.2, 0) is 5.60 Å². The molecule has 5 heteroatoms. The first-order chi connectivity index (χ1) is 6.50. The van der Waals surface area contributed by atoms with Crippen LogP contribution in [-0.4, -0.2) is 19.8 Å². The molecule has 0 unspecified atom stereocenters. The first-order valence-corrected chi connectivity index (χ1v) is 6.74. The number of aliphatic hydroxyl groups is 1. The van der Waals surface area contributed by atoms with Crippen molar-refractivity contribution in [3.63, 3.8) is 0 Å². The summed E-state index contributed by atoms with van der Waals surface area (Å²) in [6.45, 7) is 3.66. The molecule has 0 aliphatic heterocycles. The molecule has 0 radical (unpaired) electrons. The molecule has 0 aliphatic rings. The quantitative estimate of drug-likeness (QED) is 0.617. The number of halogens is 2. The minimum absolute atomic E-state index is 0. The Morgan fingerprint density at radius 1 is 1.40 bits per heavy atom. The smallest absolute Gasteiger partial charge is 1.00 e. The maximum Gasteiger partial charge on any atom is -1.00 e. The van der Waals surface area contributed by atoms with Crippen molar-refractivity contribution >= 4 is 36.2 Å². The van der Waals surface area contributed by atoms with Gasteiger partial charge in [-0.1, -0.05) is 0 Å². The van der Waals surface area contributed by atoms with E-state index in [-0.39, 0.29) is 27.1 Å². The maximum absolute atomic E-state index is 9.97. The Bertz CT molecular complexity index is 478. The van der Waals surface area contributed by atoms with Gasteiger partial charge in [0.25, 0.3) is 0 Å². The van der Waals surface area contributed by atoms with Crippen LogP contribution in [0.4, 0.5) is 0 Å². The zero-order valence-electron chi connectivity index (χ0n) is 8.37. The molecule has 1 N–H and O–H groups in total. The van der Waals surface area contributed by atoms with Gasteiger partial charge in [-0.2, -0.15) is 0 Å². The van der Waals surface area contributed by atoms with E-state index in [1.807, 2.05) is 26.0 Å². The van der Waals surface area contributed by atoms with E-state index in [4.69, 9.17) is 0 Å². The van der Waals surface area contributed by atoms with Gasteiger partial charge in [0.05, 0.1) is 0 Å². The first-order valence-electron chi connectivity index (χ1n) is 4.32. The van der Waals surface area contributed by atoms with Crippen molar-refractivity contribution < 1.29 is 20.9 Å². The van der Waals surface area contributed by atoms with Gasteiger partial charge in [-0.25, -0.2) is 0 Å². The molecule has 82 valence electrons. The third-order valence-corrected chi connectivity index (χ3v) is 6.33. The molecule has 2 aromatic heterocycles. The summed E-state index contributed by atoms with van der Waals surface area (Å²) in [5, 5.41) is 9.97. The second-order valence-electron chi connectivity index (χ2n) is 3.71. The minimum Gasteiger partial charge on any atom is -1.00 e. The summed E-state index contributed by atoms with van der Waals surface area (Å²) in [6, 6.07) is 6.08. The summed E-state index contributed by atoms with van der Waals surface area (Å²) in [6.07, 6.45) is 2.05. The molecule has 0 aromatic carbocycles. The van der Waals surface area contributed by atoms with Crippen LogP contribution in [0, 0.1) is 0 Å². The number of rotatable bonds is 1. The zero-order valence-corrected chi connectivity index (χ0v) is 12.4. The summed E-state index contributed by atoms with van der Waals surface area (Å²) in [4.78, 5) is 0. The Morgan fingerprint density at radius 2 is 2.07 bits per heavy atom. The largest absolute Gasteiger partial charge is 1.00 e. The molecule has 0 amide bonds. The van der Waals surface area contributed by atoms with Gasteiger partial charge < -0.3 is 12.4 Å². The van der Waals surface area contributed by atoms with Gasteiger partial charge in [-0.15, -0.1) is 0 Å². The third kappa shape index (κ3) is 2.45. The molecule has 0 saturated heterocycles. The summed E-state index contributed by atoms with van der Waals surface area (Å²) < 4.78 is 4.33. The number of aromatic nitrogens is 1. The van der Waals surface area contributed by atoms with Crippen molar-refractivity contribution in [2.75, 3.05) is 0 Å². The maximum atomic E-state index is 9.97. The third-order valence-electron chi connectivity index (χ3n) is 1.99. The molecule has 0 saturated carbocycles. The Balaban J connectivity index is 0.00000112. The van der Waals surface area contributed by atoms with E-state index in [0.717, 1.165) is 14.4 Å². The van der Waals surface area contributed by atoms with Gasteiger partial charge in [-0.3, -0.25) is 0 Å². The summed E-state index contributed by atoms with van der Waals surface area (Å²) in [5.74, 6) is 0. The fourth-order valence-corrected chi connectivity index (χ4v) is 4.83. The first kappa shape index (κ1) is 13.2. The average Bonchev–Trinajstić information content (AvgIpc) is 2.44. The molecule has 2 rings (SSSR count). The van der Waals surface area contributed by atoms with Crippen molar-refractivity contribution in [1.82, 2.24) is 0 Å². The van der Waals surface area contributed by atoms with Crippen molar-refractivity contribution in [2.45, 2.75) is 19.4 Å². The van der Waals surface area contributed by atoms with Gasteiger partial charge in [0, 0.05) is 0 Å². The van der Waals surface area contributed by atoms with Crippen LogP contribution < -0.4 is 15.8 Å². The van der Waals surface area contributed by atoms with Gasteiger partial charge >= 0.3 is 97.4 Å². The average molecular weight is 356 g/mol. The summed E-state index contributed by atoms with van der Waals surface area (Å²) >= 11 is 3.73. The van der Waals surface area contributed by atoms with Crippen LogP contribution in [0.2, 0.25) is 0 Å². The molecule has 2 heterocycles. The predicted molar refractivity (Wildman–Crippen MR) is 59.5 cm³/mol. The Labute approximate surface area is 109 Å². The summed E-state index contributed by atoms with van der Waals surface area (Å²) in [5.41, 5.74) is 0.426. The van der Waals surface area contributed by atoms with Crippen molar-refractivity contribution in [1.29, 1.82) is 0 Å². The van der Waals surface area contributed by atoms with Gasteiger partial charge in [0.1, 0.15) is 0 Å². The fraction of sp³-hybridized carbons (Fsp3) is 0.300. The topological polar surface area (TPSA) is 24.3 Å². The molecule has 2 nitrogen and oxygen atoms in total. The van der Waals surface area contributed by atoms with Crippen LogP contribution in [0.3, 0.4) is 0 Å². The Kier molecular flexibility index (Phi) is 4.01. The normalized spacial score (nSPS) is 11.5. The Hall–Kier alpha value is 0.139. The van der Waals surface area contributed by atoms with E-state index in [1.165, 1.54) is 0 Å². The standard InChI is InChI=1S/C10H11BrNOSe.ClH/c1-10(2,13)9-8(11)7-5-3-4-6-12(7)14-9;/h3-6,13H,1-2H3;1H/q+1;/p-1. The van der Waals surface area contributed by atoms with Crippen LogP contribution in [0.5, 0.6) is 0 Å². The SMILES string of the molecule is CC(C)(O)c1[se][n+]2ccccc2c1Br.[Cl-]. The Morgan fingerprint density at radius 3 is 2.60 bits per heavy atom. The van der Waals surface area contributed by atoms with E-state index in [2.05, 4.69) is 31.6 Å². The van der Waals surface area contributed by atoms with E-state index < -0.39 is 5.60 Å². The fourth-order valence-electron chi connectivity index (χ4n) is 1.31. The number of pyridine rings is 1. The molecule has 2 aromatic rings. The van der Waals surface area contributed by atoms with Crippen LogP contribution in [0.25, 0.3) is 5.52 Å². The number of hydrogen-bond acceptors (Lipinski definition) is 1. The van der Waals surface area contributed by atoms with Gasteiger partial charge in [0.2, 0.25) is 0 Å².